The van der Waals surface area contributed by atoms with Crippen LogP contribution in [0, 0.1) is 13.8 Å². The summed E-state index contributed by atoms with van der Waals surface area (Å²) in [4.78, 5) is -0.0362. The fourth-order valence-electron chi connectivity index (χ4n) is 1.99. The van der Waals surface area contributed by atoms with Crippen LogP contribution >= 0.6 is 27.5 Å². The molecule has 0 radical (unpaired) electrons. The number of sulfonamides is 1. The number of aryl methyl sites for hydroxylation is 2. The van der Waals surface area contributed by atoms with E-state index in [4.69, 9.17) is 17.3 Å². The van der Waals surface area contributed by atoms with Crippen molar-refractivity contribution in [3.05, 3.63) is 51.0 Å². The van der Waals surface area contributed by atoms with Gasteiger partial charge in [0.15, 0.2) is 0 Å². The number of rotatable bonds is 3. The molecule has 0 spiro atoms. The maximum Gasteiger partial charge on any atom is 0.263 e. The van der Waals surface area contributed by atoms with Gasteiger partial charge in [-0.25, -0.2) is 8.42 Å². The molecule has 0 aromatic heterocycles. The van der Waals surface area contributed by atoms with Crippen molar-refractivity contribution in [2.24, 2.45) is 0 Å². The molecule has 0 amide bonds. The van der Waals surface area contributed by atoms with Crippen LogP contribution in [0.1, 0.15) is 11.1 Å². The largest absolute Gasteiger partial charge is 0.399 e. The lowest BCUT2D eigenvalue weighted by atomic mass is 10.1. The first-order valence-corrected chi connectivity index (χ1v) is 8.71. The van der Waals surface area contributed by atoms with E-state index in [2.05, 4.69) is 20.7 Å². The molecule has 0 bridgehead atoms. The van der Waals surface area contributed by atoms with Crippen LogP contribution in [0.15, 0.2) is 39.7 Å². The van der Waals surface area contributed by atoms with Gasteiger partial charge < -0.3 is 5.73 Å². The summed E-state index contributed by atoms with van der Waals surface area (Å²) in [5.41, 5.74) is 8.14. The molecule has 0 aliphatic rings. The van der Waals surface area contributed by atoms with Crippen molar-refractivity contribution < 1.29 is 8.42 Å². The fraction of sp³-hybridized carbons (Fsp3) is 0.143. The van der Waals surface area contributed by atoms with Crippen molar-refractivity contribution in [1.82, 2.24) is 0 Å². The van der Waals surface area contributed by atoms with E-state index in [1.54, 1.807) is 6.07 Å². The number of anilines is 2. The second-order valence-corrected chi connectivity index (χ2v) is 7.68. The third kappa shape index (κ3) is 3.51. The molecule has 2 aromatic rings. The maximum atomic E-state index is 12.5. The molecule has 0 aliphatic carbocycles. The second-order valence-electron chi connectivity index (χ2n) is 4.71. The smallest absolute Gasteiger partial charge is 0.263 e. The summed E-state index contributed by atoms with van der Waals surface area (Å²) in [6.07, 6.45) is 0. The summed E-state index contributed by atoms with van der Waals surface area (Å²) in [6.45, 7) is 3.66. The molecule has 2 rings (SSSR count). The normalized spacial score (nSPS) is 11.4. The van der Waals surface area contributed by atoms with Gasteiger partial charge in [0.25, 0.3) is 10.0 Å². The first kappa shape index (κ1) is 16.1. The minimum Gasteiger partial charge on any atom is -0.399 e. The van der Waals surface area contributed by atoms with Crippen molar-refractivity contribution in [3.63, 3.8) is 0 Å². The monoisotopic (exact) mass is 388 g/mol. The Kier molecular flexibility index (Phi) is 4.51. The number of nitrogens with two attached hydrogens (primary N) is 1. The van der Waals surface area contributed by atoms with Gasteiger partial charge in [0.2, 0.25) is 0 Å². The summed E-state index contributed by atoms with van der Waals surface area (Å²) in [7, 11) is -3.80. The SMILES string of the molecule is Cc1cc(Br)cc(C)c1NS(=O)(=O)c1cc(N)ccc1Cl. The van der Waals surface area contributed by atoms with Gasteiger partial charge in [0.1, 0.15) is 4.90 Å². The molecular formula is C14H14BrClN2O2S. The standard InChI is InChI=1S/C14H14BrClN2O2S/c1-8-5-10(15)6-9(2)14(8)18-21(19,20)13-7-11(17)3-4-12(13)16/h3-7,18H,17H2,1-2H3. The zero-order valence-corrected chi connectivity index (χ0v) is 14.6. The van der Waals surface area contributed by atoms with Crippen LogP contribution in [0.3, 0.4) is 0 Å². The van der Waals surface area contributed by atoms with E-state index in [0.29, 0.717) is 11.4 Å². The number of nitrogens with one attached hydrogen (secondary N) is 1. The van der Waals surface area contributed by atoms with Crippen LogP contribution in [0.2, 0.25) is 5.02 Å². The van der Waals surface area contributed by atoms with Crippen LogP contribution in [0.4, 0.5) is 11.4 Å². The topological polar surface area (TPSA) is 72.2 Å². The van der Waals surface area contributed by atoms with Crippen molar-refractivity contribution in [2.75, 3.05) is 10.5 Å². The lowest BCUT2D eigenvalue weighted by Crippen LogP contribution is -2.15. The Morgan fingerprint density at radius 3 is 2.29 bits per heavy atom. The van der Waals surface area contributed by atoms with Gasteiger partial charge in [-0.2, -0.15) is 0 Å². The quantitative estimate of drug-likeness (QED) is 0.776. The molecule has 0 unspecified atom stereocenters. The minimum atomic E-state index is -3.80. The first-order valence-electron chi connectivity index (χ1n) is 6.05. The second kappa shape index (κ2) is 5.87. The Hall–Kier alpha value is -1.24. The van der Waals surface area contributed by atoms with Gasteiger partial charge in [-0.15, -0.1) is 0 Å². The Morgan fingerprint density at radius 2 is 1.71 bits per heavy atom. The zero-order valence-electron chi connectivity index (χ0n) is 11.4. The Bertz CT molecular complexity index is 784. The van der Waals surface area contributed by atoms with Crippen LogP contribution in [-0.2, 0) is 10.0 Å². The van der Waals surface area contributed by atoms with E-state index in [9.17, 15) is 8.42 Å². The van der Waals surface area contributed by atoms with Gasteiger partial charge in [-0.05, 0) is 55.3 Å². The van der Waals surface area contributed by atoms with Crippen LogP contribution in [-0.4, -0.2) is 8.42 Å². The van der Waals surface area contributed by atoms with Crippen molar-refractivity contribution in [2.45, 2.75) is 18.7 Å². The van der Waals surface area contributed by atoms with E-state index in [-0.39, 0.29) is 9.92 Å². The highest BCUT2D eigenvalue weighted by Gasteiger charge is 2.20. The molecule has 2 aromatic carbocycles. The molecule has 0 saturated carbocycles. The number of hydrogen-bond donors (Lipinski definition) is 2. The summed E-state index contributed by atoms with van der Waals surface area (Å²) >= 11 is 9.35. The van der Waals surface area contributed by atoms with Gasteiger partial charge >= 0.3 is 0 Å². The van der Waals surface area contributed by atoms with E-state index in [1.165, 1.54) is 12.1 Å². The van der Waals surface area contributed by atoms with Gasteiger partial charge in [-0.3, -0.25) is 4.72 Å². The molecule has 21 heavy (non-hydrogen) atoms. The van der Waals surface area contributed by atoms with E-state index < -0.39 is 10.0 Å². The highest BCUT2D eigenvalue weighted by molar-refractivity contribution is 9.10. The zero-order chi connectivity index (χ0) is 15.8. The molecule has 0 saturated heterocycles. The number of halogens is 2. The first-order chi connectivity index (χ1) is 9.70. The van der Waals surface area contributed by atoms with Crippen LogP contribution < -0.4 is 10.5 Å². The summed E-state index contributed by atoms with van der Waals surface area (Å²) in [5, 5.41) is 0.129. The molecule has 112 valence electrons. The predicted molar refractivity (Wildman–Crippen MR) is 90.3 cm³/mol. The third-order valence-corrected chi connectivity index (χ3v) is 5.27. The van der Waals surface area contributed by atoms with Gasteiger partial charge in [0.05, 0.1) is 10.7 Å². The maximum absolute atomic E-state index is 12.5. The fourth-order valence-corrected chi connectivity index (χ4v) is 4.41. The number of nitrogen functional groups attached to an aromatic ring is 1. The molecule has 0 atom stereocenters. The van der Waals surface area contributed by atoms with Crippen LogP contribution in [0.25, 0.3) is 0 Å². The van der Waals surface area contributed by atoms with Crippen LogP contribution in [0.5, 0.6) is 0 Å². The number of hydrogen-bond acceptors (Lipinski definition) is 3. The van der Waals surface area contributed by atoms with E-state index in [1.807, 2.05) is 26.0 Å². The average molecular weight is 390 g/mol. The van der Waals surface area contributed by atoms with Crippen molar-refractivity contribution in [1.29, 1.82) is 0 Å². The van der Waals surface area contributed by atoms with Crippen molar-refractivity contribution >= 4 is 48.9 Å². The molecule has 4 nitrogen and oxygen atoms in total. The average Bonchev–Trinajstić information content (AvgIpc) is 2.36. The highest BCUT2D eigenvalue weighted by Crippen LogP contribution is 2.30. The predicted octanol–water partition coefficient (Wildman–Crippen LogP) is 4.10. The molecule has 0 aliphatic heterocycles. The summed E-state index contributed by atoms with van der Waals surface area (Å²) in [5.74, 6) is 0. The molecular weight excluding hydrogens is 376 g/mol. The van der Waals surface area contributed by atoms with E-state index >= 15 is 0 Å². The van der Waals surface area contributed by atoms with Gasteiger partial charge in [-0.1, -0.05) is 27.5 Å². The molecule has 0 heterocycles. The Balaban J connectivity index is 2.50. The third-order valence-electron chi connectivity index (χ3n) is 2.98. The lowest BCUT2D eigenvalue weighted by Gasteiger charge is -2.15. The summed E-state index contributed by atoms with van der Waals surface area (Å²) in [6, 6.07) is 8.04. The Labute approximate surface area is 137 Å². The van der Waals surface area contributed by atoms with E-state index in [0.717, 1.165) is 15.6 Å². The summed E-state index contributed by atoms with van der Waals surface area (Å²) < 4.78 is 28.5. The molecule has 0 fully saturated rings. The Morgan fingerprint density at radius 1 is 1.14 bits per heavy atom. The highest BCUT2D eigenvalue weighted by atomic mass is 79.9. The minimum absolute atomic E-state index is 0.0362. The van der Waals surface area contributed by atoms with Crippen molar-refractivity contribution in [3.8, 4) is 0 Å². The number of benzene rings is 2. The van der Waals surface area contributed by atoms with Gasteiger partial charge in [0, 0.05) is 10.2 Å². The molecule has 7 heteroatoms. The lowest BCUT2D eigenvalue weighted by molar-refractivity contribution is 0.601. The molecule has 3 N–H and O–H groups in total.